The Balaban J connectivity index is 2.19. The predicted octanol–water partition coefficient (Wildman–Crippen LogP) is 2.70. The van der Waals surface area contributed by atoms with Gasteiger partial charge >= 0.3 is 5.92 Å². The Hall–Kier alpha value is -0.990. The van der Waals surface area contributed by atoms with Gasteiger partial charge in [0.1, 0.15) is 12.1 Å². The number of halogens is 2. The highest BCUT2D eigenvalue weighted by molar-refractivity contribution is 7.10. The minimum Gasteiger partial charge on any atom is -0.301 e. The van der Waals surface area contributed by atoms with Crippen molar-refractivity contribution in [2.24, 2.45) is 0 Å². The fourth-order valence-electron chi connectivity index (χ4n) is 1.37. The van der Waals surface area contributed by atoms with Crippen molar-refractivity contribution in [3.63, 3.8) is 0 Å². The number of hydrogen-bond acceptors (Lipinski definition) is 3. The monoisotopic (exact) mass is 228 g/mol. The third-order valence-corrected chi connectivity index (χ3v) is 3.26. The molecule has 2 nitrogen and oxygen atoms in total. The molecule has 0 saturated heterocycles. The van der Waals surface area contributed by atoms with Crippen molar-refractivity contribution in [1.82, 2.24) is 5.32 Å². The van der Waals surface area contributed by atoms with Crippen molar-refractivity contribution in [2.75, 3.05) is 0 Å². The van der Waals surface area contributed by atoms with E-state index in [9.17, 15) is 8.78 Å². The Morgan fingerprint density at radius 3 is 2.80 bits per heavy atom. The van der Waals surface area contributed by atoms with Gasteiger partial charge < -0.3 is 5.32 Å². The second-order valence-corrected chi connectivity index (χ2v) is 4.60. The highest BCUT2D eigenvalue weighted by Gasteiger charge is 2.43. The number of nitrogens with one attached hydrogen (secondary N) is 1. The summed E-state index contributed by atoms with van der Waals surface area (Å²) < 4.78 is 26.7. The number of hydrogen-bond donors (Lipinski definition) is 1. The Morgan fingerprint density at radius 1 is 1.60 bits per heavy atom. The highest BCUT2D eigenvalue weighted by atomic mass is 32.1. The topological polar surface area (TPSA) is 35.8 Å². The van der Waals surface area contributed by atoms with Crippen molar-refractivity contribution in [1.29, 1.82) is 5.26 Å². The first-order valence-corrected chi connectivity index (χ1v) is 5.60. The van der Waals surface area contributed by atoms with Crippen LogP contribution in [0.2, 0.25) is 0 Å². The smallest absolute Gasteiger partial charge is 0.301 e. The standard InChI is InChI=1S/C10H10F2N2S/c11-10(12,6-13)9(14-7-3-4-7)8-2-1-5-15-8/h1-2,5,7,9,14H,3-4H2. The summed E-state index contributed by atoms with van der Waals surface area (Å²) >= 11 is 1.25. The third-order valence-electron chi connectivity index (χ3n) is 2.32. The Bertz CT molecular complexity index is 365. The maximum atomic E-state index is 13.4. The van der Waals surface area contributed by atoms with E-state index < -0.39 is 12.0 Å². The molecule has 0 aromatic carbocycles. The van der Waals surface area contributed by atoms with E-state index in [2.05, 4.69) is 5.32 Å². The largest absolute Gasteiger partial charge is 0.351 e. The minimum absolute atomic E-state index is 0.149. The van der Waals surface area contributed by atoms with Gasteiger partial charge in [0, 0.05) is 10.9 Å². The second kappa shape index (κ2) is 3.87. The molecule has 0 bridgehead atoms. The molecule has 1 N–H and O–H groups in total. The van der Waals surface area contributed by atoms with Gasteiger partial charge in [-0.25, -0.2) is 0 Å². The molecule has 1 saturated carbocycles. The van der Waals surface area contributed by atoms with E-state index in [-0.39, 0.29) is 6.04 Å². The van der Waals surface area contributed by atoms with E-state index in [1.165, 1.54) is 11.3 Å². The quantitative estimate of drug-likeness (QED) is 0.860. The fraction of sp³-hybridized carbons (Fsp3) is 0.500. The molecule has 1 unspecified atom stereocenters. The molecule has 0 radical (unpaired) electrons. The van der Waals surface area contributed by atoms with Crippen LogP contribution < -0.4 is 5.32 Å². The minimum atomic E-state index is -3.34. The summed E-state index contributed by atoms with van der Waals surface area (Å²) in [7, 11) is 0. The molecule has 0 aliphatic heterocycles. The maximum Gasteiger partial charge on any atom is 0.351 e. The van der Waals surface area contributed by atoms with Gasteiger partial charge in [-0.3, -0.25) is 0 Å². The molecule has 1 aliphatic carbocycles. The van der Waals surface area contributed by atoms with E-state index in [0.717, 1.165) is 18.9 Å². The van der Waals surface area contributed by atoms with Gasteiger partial charge in [-0.1, -0.05) is 6.07 Å². The summed E-state index contributed by atoms with van der Waals surface area (Å²) in [6, 6.07) is 3.42. The first-order chi connectivity index (χ1) is 7.13. The van der Waals surface area contributed by atoms with Crippen molar-refractivity contribution in [3.8, 4) is 6.07 Å². The molecule has 1 atom stereocenters. The van der Waals surface area contributed by atoms with Gasteiger partial charge in [-0.15, -0.1) is 11.3 Å². The summed E-state index contributed by atoms with van der Waals surface area (Å²) in [5, 5.41) is 13.0. The van der Waals surface area contributed by atoms with Crippen molar-refractivity contribution >= 4 is 11.3 Å². The zero-order valence-corrected chi connectivity index (χ0v) is 8.73. The molecule has 1 aliphatic rings. The molecule has 0 amide bonds. The van der Waals surface area contributed by atoms with E-state index in [4.69, 9.17) is 5.26 Å². The summed E-state index contributed by atoms with van der Waals surface area (Å²) in [6.07, 6.45) is 1.84. The van der Waals surface area contributed by atoms with Crippen LogP contribution in [0.15, 0.2) is 17.5 Å². The second-order valence-electron chi connectivity index (χ2n) is 3.62. The third kappa shape index (κ3) is 2.33. The first-order valence-electron chi connectivity index (χ1n) is 4.72. The van der Waals surface area contributed by atoms with Crippen molar-refractivity contribution in [2.45, 2.75) is 30.8 Å². The summed E-state index contributed by atoms with van der Waals surface area (Å²) in [6.45, 7) is 0. The molecule has 0 spiro atoms. The predicted molar refractivity (Wildman–Crippen MR) is 53.8 cm³/mol. The zero-order valence-electron chi connectivity index (χ0n) is 7.91. The molecule has 1 heterocycles. The van der Waals surface area contributed by atoms with Gasteiger partial charge in [0.2, 0.25) is 0 Å². The van der Waals surface area contributed by atoms with Crippen LogP contribution >= 0.6 is 11.3 Å². The van der Waals surface area contributed by atoms with Crippen LogP contribution in [-0.2, 0) is 0 Å². The average Bonchev–Trinajstić information content (AvgIpc) is 2.88. The van der Waals surface area contributed by atoms with Crippen LogP contribution in [0.5, 0.6) is 0 Å². The fourth-order valence-corrected chi connectivity index (χ4v) is 2.19. The van der Waals surface area contributed by atoms with E-state index >= 15 is 0 Å². The Labute approximate surface area is 90.5 Å². The molecule has 80 valence electrons. The van der Waals surface area contributed by atoms with Gasteiger partial charge in [0.05, 0.1) is 0 Å². The highest BCUT2D eigenvalue weighted by Crippen LogP contribution is 2.36. The summed E-state index contributed by atoms with van der Waals surface area (Å²) in [5.41, 5.74) is 0. The molecule has 1 fully saturated rings. The number of alkyl halides is 2. The lowest BCUT2D eigenvalue weighted by molar-refractivity contribution is 0.0200. The number of nitrogens with zero attached hydrogens (tertiary/aromatic N) is 1. The van der Waals surface area contributed by atoms with Gasteiger partial charge in [-0.2, -0.15) is 14.0 Å². The van der Waals surface area contributed by atoms with Crippen LogP contribution in [-0.4, -0.2) is 12.0 Å². The van der Waals surface area contributed by atoms with E-state index in [1.54, 1.807) is 17.5 Å². The molecule has 2 rings (SSSR count). The van der Waals surface area contributed by atoms with E-state index in [0.29, 0.717) is 4.88 Å². The van der Waals surface area contributed by atoms with Crippen LogP contribution in [0.25, 0.3) is 0 Å². The number of thiophene rings is 1. The van der Waals surface area contributed by atoms with Crippen LogP contribution in [0.3, 0.4) is 0 Å². The first kappa shape index (κ1) is 10.5. The molecular weight excluding hydrogens is 218 g/mol. The molecule has 1 aromatic rings. The average molecular weight is 228 g/mol. The van der Waals surface area contributed by atoms with Gasteiger partial charge in [0.15, 0.2) is 0 Å². The number of rotatable bonds is 4. The molecule has 5 heteroatoms. The lowest BCUT2D eigenvalue weighted by Gasteiger charge is -2.21. The normalized spacial score (nSPS) is 18.5. The number of nitriles is 1. The summed E-state index contributed by atoms with van der Waals surface area (Å²) in [4.78, 5) is 0.522. The Kier molecular flexibility index (Phi) is 2.72. The van der Waals surface area contributed by atoms with Crippen LogP contribution in [0.4, 0.5) is 8.78 Å². The Morgan fingerprint density at radius 2 is 2.33 bits per heavy atom. The lowest BCUT2D eigenvalue weighted by Crippen LogP contribution is -2.36. The van der Waals surface area contributed by atoms with Crippen molar-refractivity contribution in [3.05, 3.63) is 22.4 Å². The maximum absolute atomic E-state index is 13.4. The lowest BCUT2D eigenvalue weighted by atomic mass is 10.1. The van der Waals surface area contributed by atoms with Gasteiger partial charge in [0.25, 0.3) is 0 Å². The zero-order chi connectivity index (χ0) is 10.9. The van der Waals surface area contributed by atoms with Crippen molar-refractivity contribution < 1.29 is 8.78 Å². The molecular formula is C10H10F2N2S. The van der Waals surface area contributed by atoms with Crippen LogP contribution in [0.1, 0.15) is 23.8 Å². The summed E-state index contributed by atoms with van der Waals surface area (Å²) in [5.74, 6) is -3.34. The molecule has 15 heavy (non-hydrogen) atoms. The SMILES string of the molecule is N#CC(F)(F)C(NC1CC1)c1cccs1. The van der Waals surface area contributed by atoms with Crippen LogP contribution in [0, 0.1) is 11.3 Å². The molecule has 1 aromatic heterocycles. The van der Waals surface area contributed by atoms with E-state index in [1.807, 2.05) is 0 Å². The van der Waals surface area contributed by atoms with Gasteiger partial charge in [-0.05, 0) is 24.3 Å².